The number of para-hydroxylation sites is 1. The SMILES string of the molecule is Cc1cc(S(=O)(=O)Nc2ccccc2C)ccc1CN. The van der Waals surface area contributed by atoms with Crippen molar-refractivity contribution in [2.45, 2.75) is 25.3 Å². The Hall–Kier alpha value is -1.85. The first kappa shape index (κ1) is 14.6. The lowest BCUT2D eigenvalue weighted by Gasteiger charge is -2.12. The van der Waals surface area contributed by atoms with E-state index in [1.54, 1.807) is 30.3 Å². The van der Waals surface area contributed by atoms with E-state index < -0.39 is 10.0 Å². The van der Waals surface area contributed by atoms with E-state index in [0.717, 1.165) is 16.7 Å². The highest BCUT2D eigenvalue weighted by Crippen LogP contribution is 2.21. The van der Waals surface area contributed by atoms with Crippen LogP contribution < -0.4 is 10.5 Å². The molecule has 2 rings (SSSR count). The van der Waals surface area contributed by atoms with Crippen molar-refractivity contribution >= 4 is 15.7 Å². The topological polar surface area (TPSA) is 72.2 Å². The number of aryl methyl sites for hydroxylation is 2. The molecule has 2 aromatic rings. The molecule has 0 spiro atoms. The van der Waals surface area contributed by atoms with Crippen molar-refractivity contribution in [1.29, 1.82) is 0 Å². The van der Waals surface area contributed by atoms with Crippen LogP contribution in [0.15, 0.2) is 47.4 Å². The fourth-order valence-corrected chi connectivity index (χ4v) is 3.17. The molecule has 3 N–H and O–H groups in total. The van der Waals surface area contributed by atoms with E-state index in [2.05, 4.69) is 4.72 Å². The second kappa shape index (κ2) is 5.64. The van der Waals surface area contributed by atoms with Crippen LogP contribution in [0, 0.1) is 13.8 Å². The first-order valence-corrected chi connectivity index (χ1v) is 7.80. The zero-order valence-corrected chi connectivity index (χ0v) is 12.4. The number of sulfonamides is 1. The highest BCUT2D eigenvalue weighted by atomic mass is 32.2. The van der Waals surface area contributed by atoms with Gasteiger partial charge < -0.3 is 5.73 Å². The molecule has 4 nitrogen and oxygen atoms in total. The van der Waals surface area contributed by atoms with Crippen LogP contribution in [0.2, 0.25) is 0 Å². The van der Waals surface area contributed by atoms with Gasteiger partial charge in [0.2, 0.25) is 0 Å². The minimum Gasteiger partial charge on any atom is -0.326 e. The minimum absolute atomic E-state index is 0.246. The molecule has 0 aliphatic rings. The van der Waals surface area contributed by atoms with Crippen LogP contribution in [0.4, 0.5) is 5.69 Å². The summed E-state index contributed by atoms with van der Waals surface area (Å²) < 4.78 is 27.3. The van der Waals surface area contributed by atoms with Gasteiger partial charge in [-0.1, -0.05) is 24.3 Å². The number of benzene rings is 2. The van der Waals surface area contributed by atoms with Crippen LogP contribution in [-0.4, -0.2) is 8.42 Å². The second-order valence-electron chi connectivity index (χ2n) is 4.71. The van der Waals surface area contributed by atoms with E-state index in [1.165, 1.54) is 0 Å². The highest BCUT2D eigenvalue weighted by molar-refractivity contribution is 7.92. The summed E-state index contributed by atoms with van der Waals surface area (Å²) in [7, 11) is -3.57. The van der Waals surface area contributed by atoms with E-state index in [1.807, 2.05) is 26.0 Å². The number of hydrogen-bond donors (Lipinski definition) is 2. The maximum Gasteiger partial charge on any atom is 0.261 e. The fourth-order valence-electron chi connectivity index (χ4n) is 1.96. The van der Waals surface area contributed by atoms with Crippen molar-refractivity contribution in [3.05, 3.63) is 59.2 Å². The lowest BCUT2D eigenvalue weighted by Crippen LogP contribution is -2.14. The lowest BCUT2D eigenvalue weighted by molar-refractivity contribution is 0.601. The number of anilines is 1. The van der Waals surface area contributed by atoms with Gasteiger partial charge in [-0.3, -0.25) is 4.72 Å². The smallest absolute Gasteiger partial charge is 0.261 e. The maximum absolute atomic E-state index is 12.4. The van der Waals surface area contributed by atoms with Crippen molar-refractivity contribution < 1.29 is 8.42 Å². The predicted octanol–water partition coefficient (Wildman–Crippen LogP) is 2.56. The van der Waals surface area contributed by atoms with E-state index in [4.69, 9.17) is 5.73 Å². The van der Waals surface area contributed by atoms with E-state index in [-0.39, 0.29) is 4.90 Å². The zero-order valence-electron chi connectivity index (χ0n) is 11.6. The molecule has 0 atom stereocenters. The van der Waals surface area contributed by atoms with Crippen molar-refractivity contribution in [3.8, 4) is 0 Å². The number of hydrogen-bond acceptors (Lipinski definition) is 3. The summed E-state index contributed by atoms with van der Waals surface area (Å²) in [5.74, 6) is 0. The van der Waals surface area contributed by atoms with E-state index in [0.29, 0.717) is 12.2 Å². The molecule has 5 heteroatoms. The van der Waals surface area contributed by atoms with Crippen LogP contribution >= 0.6 is 0 Å². The van der Waals surface area contributed by atoms with E-state index in [9.17, 15) is 8.42 Å². The Balaban J connectivity index is 2.36. The molecule has 0 saturated heterocycles. The molecule has 106 valence electrons. The highest BCUT2D eigenvalue weighted by Gasteiger charge is 2.15. The number of nitrogens with two attached hydrogens (primary N) is 1. The molecule has 0 fully saturated rings. The minimum atomic E-state index is -3.57. The van der Waals surface area contributed by atoms with Crippen LogP contribution in [0.3, 0.4) is 0 Å². The van der Waals surface area contributed by atoms with Crippen molar-refractivity contribution in [3.63, 3.8) is 0 Å². The zero-order chi connectivity index (χ0) is 14.8. The monoisotopic (exact) mass is 290 g/mol. The molecular weight excluding hydrogens is 272 g/mol. The predicted molar refractivity (Wildman–Crippen MR) is 81.1 cm³/mol. The molecule has 0 saturated carbocycles. The third-order valence-electron chi connectivity index (χ3n) is 3.23. The summed E-state index contributed by atoms with van der Waals surface area (Å²) in [6.07, 6.45) is 0. The maximum atomic E-state index is 12.4. The van der Waals surface area contributed by atoms with Gasteiger partial charge in [-0.25, -0.2) is 8.42 Å². The second-order valence-corrected chi connectivity index (χ2v) is 6.40. The third kappa shape index (κ3) is 3.00. The molecule has 2 aromatic carbocycles. The molecular formula is C15H18N2O2S. The Morgan fingerprint density at radius 2 is 1.75 bits per heavy atom. The van der Waals surface area contributed by atoms with Gasteiger partial charge in [0.15, 0.2) is 0 Å². The van der Waals surface area contributed by atoms with Crippen LogP contribution in [0.25, 0.3) is 0 Å². The quantitative estimate of drug-likeness (QED) is 0.909. The Labute approximate surface area is 119 Å². The number of nitrogens with one attached hydrogen (secondary N) is 1. The molecule has 0 unspecified atom stereocenters. The summed E-state index contributed by atoms with van der Waals surface area (Å²) in [5, 5.41) is 0. The molecule has 0 bridgehead atoms. The Bertz CT molecular complexity index is 724. The summed E-state index contributed by atoms with van der Waals surface area (Å²) in [4.78, 5) is 0.246. The average molecular weight is 290 g/mol. The summed E-state index contributed by atoms with van der Waals surface area (Å²) in [5.41, 5.74) is 8.88. The molecule has 0 radical (unpaired) electrons. The van der Waals surface area contributed by atoms with Gasteiger partial charge in [-0.05, 0) is 48.7 Å². The largest absolute Gasteiger partial charge is 0.326 e. The van der Waals surface area contributed by atoms with Gasteiger partial charge in [-0.2, -0.15) is 0 Å². The van der Waals surface area contributed by atoms with E-state index >= 15 is 0 Å². The normalized spacial score (nSPS) is 11.3. The summed E-state index contributed by atoms with van der Waals surface area (Å²) in [6, 6.07) is 12.2. The Kier molecular flexibility index (Phi) is 4.11. The van der Waals surface area contributed by atoms with Gasteiger partial charge >= 0.3 is 0 Å². The van der Waals surface area contributed by atoms with Gasteiger partial charge in [0.05, 0.1) is 10.6 Å². The average Bonchev–Trinajstić information content (AvgIpc) is 2.41. The first-order chi connectivity index (χ1) is 9.44. The molecule has 0 heterocycles. The molecule has 0 amide bonds. The molecule has 20 heavy (non-hydrogen) atoms. The standard InChI is InChI=1S/C15H18N2O2S/c1-11-5-3-4-6-15(11)17-20(18,19)14-8-7-13(10-16)12(2)9-14/h3-9,17H,10,16H2,1-2H3. The first-order valence-electron chi connectivity index (χ1n) is 6.32. The summed E-state index contributed by atoms with van der Waals surface area (Å²) in [6.45, 7) is 4.12. The Morgan fingerprint density at radius 1 is 1.05 bits per heavy atom. The summed E-state index contributed by atoms with van der Waals surface area (Å²) >= 11 is 0. The molecule has 0 aliphatic heterocycles. The Morgan fingerprint density at radius 3 is 2.35 bits per heavy atom. The van der Waals surface area contributed by atoms with Gasteiger partial charge in [0.1, 0.15) is 0 Å². The fraction of sp³-hybridized carbons (Fsp3) is 0.200. The van der Waals surface area contributed by atoms with Crippen LogP contribution in [0.5, 0.6) is 0 Å². The molecule has 0 aliphatic carbocycles. The van der Waals surface area contributed by atoms with Crippen molar-refractivity contribution in [1.82, 2.24) is 0 Å². The van der Waals surface area contributed by atoms with Crippen molar-refractivity contribution in [2.24, 2.45) is 5.73 Å². The van der Waals surface area contributed by atoms with Crippen LogP contribution in [-0.2, 0) is 16.6 Å². The number of rotatable bonds is 4. The lowest BCUT2D eigenvalue weighted by atomic mass is 10.1. The van der Waals surface area contributed by atoms with Gasteiger partial charge in [0.25, 0.3) is 10.0 Å². The third-order valence-corrected chi connectivity index (χ3v) is 4.60. The van der Waals surface area contributed by atoms with Gasteiger partial charge in [-0.15, -0.1) is 0 Å². The molecule has 0 aromatic heterocycles. The van der Waals surface area contributed by atoms with Crippen LogP contribution in [0.1, 0.15) is 16.7 Å². The van der Waals surface area contributed by atoms with Gasteiger partial charge in [0, 0.05) is 6.54 Å². The van der Waals surface area contributed by atoms with Crippen molar-refractivity contribution in [2.75, 3.05) is 4.72 Å².